The van der Waals surface area contributed by atoms with E-state index in [1.54, 1.807) is 6.92 Å². The van der Waals surface area contributed by atoms with Crippen molar-refractivity contribution < 1.29 is 37.3 Å². The lowest BCUT2D eigenvalue weighted by Crippen LogP contribution is -2.69. The molecule has 11 heteroatoms. The molecule has 0 aromatic heterocycles. The number of halogens is 3. The van der Waals surface area contributed by atoms with E-state index in [0.29, 0.717) is 12.0 Å². The summed E-state index contributed by atoms with van der Waals surface area (Å²) in [5.74, 6) is -3.95. The molecule has 3 fully saturated rings. The van der Waals surface area contributed by atoms with Crippen LogP contribution in [-0.2, 0) is 9.84 Å². The van der Waals surface area contributed by atoms with Crippen LogP contribution >= 0.6 is 11.6 Å². The van der Waals surface area contributed by atoms with Crippen molar-refractivity contribution in [3.63, 3.8) is 0 Å². The van der Waals surface area contributed by atoms with E-state index in [1.165, 1.54) is 25.1 Å². The van der Waals surface area contributed by atoms with Crippen LogP contribution in [-0.4, -0.2) is 52.7 Å². The topological polar surface area (TPSA) is 124 Å². The average Bonchev–Trinajstić information content (AvgIpc) is 2.80. The van der Waals surface area contributed by atoms with Crippen LogP contribution in [0.2, 0.25) is 5.02 Å². The van der Waals surface area contributed by atoms with Gasteiger partial charge in [0.15, 0.2) is 21.5 Å². The van der Waals surface area contributed by atoms with E-state index >= 15 is 0 Å². The normalized spacial score (nSPS) is 27.6. The first-order chi connectivity index (χ1) is 16.3. The van der Waals surface area contributed by atoms with Gasteiger partial charge in [-0.3, -0.25) is 4.79 Å². The second-order valence-corrected chi connectivity index (χ2v) is 12.1. The number of sulfone groups is 1. The Morgan fingerprint density at radius 2 is 1.74 bits per heavy atom. The summed E-state index contributed by atoms with van der Waals surface area (Å²) in [6, 6.07) is 5.37. The number of carbonyl (C=O) groups is 1. The van der Waals surface area contributed by atoms with Gasteiger partial charge in [-0.15, -0.1) is 0 Å². The van der Waals surface area contributed by atoms with Gasteiger partial charge in [-0.2, -0.15) is 0 Å². The molecule has 0 saturated heterocycles. The predicted octanol–water partition coefficient (Wildman–Crippen LogP) is 3.22. The van der Waals surface area contributed by atoms with Gasteiger partial charge in [-0.1, -0.05) is 11.6 Å². The number of aliphatic hydroxyl groups is 3. The van der Waals surface area contributed by atoms with Crippen LogP contribution in [0.3, 0.4) is 0 Å². The lowest BCUT2D eigenvalue weighted by atomic mass is 9.51. The number of benzene rings is 2. The number of hydrogen-bond donors (Lipinski definition) is 4. The Morgan fingerprint density at radius 1 is 1.11 bits per heavy atom. The second kappa shape index (κ2) is 9.08. The second-order valence-electron chi connectivity index (χ2n) is 9.52. The fourth-order valence-electron chi connectivity index (χ4n) is 5.38. The van der Waals surface area contributed by atoms with Crippen molar-refractivity contribution in [2.75, 3.05) is 5.32 Å². The molecule has 190 valence electrons. The molecule has 0 aliphatic heterocycles. The Hall–Kier alpha value is -2.11. The Kier molecular flexibility index (Phi) is 6.74. The summed E-state index contributed by atoms with van der Waals surface area (Å²) in [4.78, 5) is 12.6. The van der Waals surface area contributed by atoms with Gasteiger partial charge in [0.2, 0.25) is 0 Å². The lowest BCUT2D eigenvalue weighted by molar-refractivity contribution is -0.249. The van der Waals surface area contributed by atoms with E-state index in [0.717, 1.165) is 12.1 Å². The molecule has 5 rings (SSSR count). The zero-order valence-corrected chi connectivity index (χ0v) is 20.6. The monoisotopic (exact) mass is 529 g/mol. The molecule has 4 N–H and O–H groups in total. The number of nitrogens with one attached hydrogen (secondary N) is 1. The Morgan fingerprint density at radius 3 is 2.31 bits per heavy atom. The first kappa shape index (κ1) is 26.0. The molecule has 2 bridgehead atoms. The van der Waals surface area contributed by atoms with Crippen molar-refractivity contribution in [2.24, 2.45) is 11.8 Å². The Labute approximate surface area is 206 Å². The maximum absolute atomic E-state index is 13.5. The maximum Gasteiger partial charge on any atom is 0.255 e. The molecule has 1 amide bonds. The number of carbonyl (C=O) groups excluding carboxylic acids is 1. The van der Waals surface area contributed by atoms with Gasteiger partial charge in [0.25, 0.3) is 5.91 Å². The lowest BCUT2D eigenvalue weighted by Gasteiger charge is -2.60. The van der Waals surface area contributed by atoms with Crippen LogP contribution in [0.15, 0.2) is 35.2 Å². The molecule has 3 aliphatic carbocycles. The Balaban J connectivity index is 1.60. The van der Waals surface area contributed by atoms with Gasteiger partial charge in [-0.05, 0) is 74.8 Å². The molecule has 0 spiro atoms. The zero-order valence-electron chi connectivity index (χ0n) is 19.0. The summed E-state index contributed by atoms with van der Waals surface area (Å²) in [7, 11) is -4.03. The van der Waals surface area contributed by atoms with Gasteiger partial charge in [-0.25, -0.2) is 17.2 Å². The van der Waals surface area contributed by atoms with Crippen molar-refractivity contribution in [3.05, 3.63) is 58.1 Å². The number of amides is 1. The first-order valence-electron chi connectivity index (χ1n) is 11.2. The quantitative estimate of drug-likeness (QED) is 0.455. The van der Waals surface area contributed by atoms with E-state index in [4.69, 9.17) is 11.6 Å². The molecular formula is C24H26ClF2NO6S. The highest BCUT2D eigenvalue weighted by atomic mass is 35.5. The van der Waals surface area contributed by atoms with Crippen LogP contribution < -0.4 is 5.32 Å². The van der Waals surface area contributed by atoms with E-state index < -0.39 is 62.3 Å². The SMILES string of the molecule is Cc1cc(Cl)c(S(=O)(=O)C2CC3CC(C2)C3(O)[C@H](O)[C@H](C)O)cc1C(=O)Nc1ccc(F)c(F)c1. The third-order valence-corrected chi connectivity index (χ3v) is 9.99. The van der Waals surface area contributed by atoms with Crippen molar-refractivity contribution in [1.29, 1.82) is 0 Å². The minimum Gasteiger partial charge on any atom is -0.391 e. The largest absolute Gasteiger partial charge is 0.391 e. The van der Waals surface area contributed by atoms with Crippen molar-refractivity contribution in [2.45, 2.75) is 61.1 Å². The third-order valence-electron chi connectivity index (χ3n) is 7.35. The molecule has 35 heavy (non-hydrogen) atoms. The average molecular weight is 530 g/mol. The number of anilines is 1. The van der Waals surface area contributed by atoms with E-state index in [2.05, 4.69) is 5.32 Å². The third kappa shape index (κ3) is 4.35. The van der Waals surface area contributed by atoms with E-state index in [9.17, 15) is 37.3 Å². The number of fused-ring (bicyclic) bond motifs is 2. The smallest absolute Gasteiger partial charge is 0.255 e. The fraction of sp³-hybridized carbons (Fsp3) is 0.458. The molecule has 0 heterocycles. The van der Waals surface area contributed by atoms with Gasteiger partial charge in [0, 0.05) is 17.3 Å². The molecule has 7 nitrogen and oxygen atoms in total. The summed E-state index contributed by atoms with van der Waals surface area (Å²) in [6.07, 6.45) is -1.87. The number of aryl methyl sites for hydroxylation is 1. The molecule has 3 aliphatic rings. The molecule has 4 atom stereocenters. The highest BCUT2D eigenvalue weighted by Crippen LogP contribution is 2.57. The molecule has 2 unspecified atom stereocenters. The zero-order chi connectivity index (χ0) is 25.9. The molecule has 2 aromatic rings. The summed E-state index contributed by atoms with van der Waals surface area (Å²) < 4.78 is 53.7. The number of hydrogen-bond acceptors (Lipinski definition) is 6. The van der Waals surface area contributed by atoms with Crippen molar-refractivity contribution in [1.82, 2.24) is 0 Å². The fourth-order valence-corrected chi connectivity index (χ4v) is 7.87. The van der Waals surface area contributed by atoms with Gasteiger partial charge >= 0.3 is 0 Å². The Bertz CT molecular complexity index is 1270. The summed E-state index contributed by atoms with van der Waals surface area (Å²) >= 11 is 6.28. The van der Waals surface area contributed by atoms with Crippen LogP contribution in [0.4, 0.5) is 14.5 Å². The predicted molar refractivity (Wildman–Crippen MR) is 125 cm³/mol. The molecule has 3 saturated carbocycles. The van der Waals surface area contributed by atoms with Crippen LogP contribution in [0.25, 0.3) is 0 Å². The van der Waals surface area contributed by atoms with Crippen molar-refractivity contribution >= 4 is 33.0 Å². The first-order valence-corrected chi connectivity index (χ1v) is 13.1. The van der Waals surface area contributed by atoms with Gasteiger partial charge < -0.3 is 20.6 Å². The highest BCUT2D eigenvalue weighted by Gasteiger charge is 2.63. The minimum absolute atomic E-state index is 0.000269. The van der Waals surface area contributed by atoms with Crippen molar-refractivity contribution in [3.8, 4) is 0 Å². The van der Waals surface area contributed by atoms with Crippen LogP contribution in [0.5, 0.6) is 0 Å². The maximum atomic E-state index is 13.5. The highest BCUT2D eigenvalue weighted by molar-refractivity contribution is 7.92. The molecule has 2 aromatic carbocycles. The van der Waals surface area contributed by atoms with Gasteiger partial charge in [0.05, 0.1) is 26.9 Å². The van der Waals surface area contributed by atoms with Crippen LogP contribution in [0, 0.1) is 30.4 Å². The summed E-state index contributed by atoms with van der Waals surface area (Å²) in [5, 5.41) is 32.4. The summed E-state index contributed by atoms with van der Waals surface area (Å²) in [5.41, 5.74) is -1.17. The number of rotatable bonds is 6. The molecule has 0 radical (unpaired) electrons. The van der Waals surface area contributed by atoms with E-state index in [-0.39, 0.29) is 34.0 Å². The van der Waals surface area contributed by atoms with Crippen LogP contribution in [0.1, 0.15) is 42.1 Å². The summed E-state index contributed by atoms with van der Waals surface area (Å²) in [6.45, 7) is 2.93. The number of aliphatic hydroxyl groups excluding tert-OH is 2. The van der Waals surface area contributed by atoms with Gasteiger partial charge in [0.1, 0.15) is 6.10 Å². The van der Waals surface area contributed by atoms with E-state index in [1.807, 2.05) is 0 Å². The molecular weight excluding hydrogens is 504 g/mol. The minimum atomic E-state index is -4.03. The standard InChI is InChI=1S/C24H26ClF2NO6S/c1-11-5-18(25)21(10-17(11)23(31)28-15-3-4-19(26)20(27)9-15)35(33,34)16-7-13-6-14(8-16)24(13,32)22(30)12(2)29/h3-5,9-10,12-14,16,22,29-30,32H,6-8H2,1-2H3,(H,28,31)/t12-,13?,14?,16?,22+,24?/m0/s1.